The predicted octanol–water partition coefficient (Wildman–Crippen LogP) is 7.69. The number of pyridine rings is 1. The van der Waals surface area contributed by atoms with Crippen molar-refractivity contribution in [1.82, 2.24) is 14.7 Å². The first-order valence-corrected chi connectivity index (χ1v) is 12.9. The summed E-state index contributed by atoms with van der Waals surface area (Å²) in [6, 6.07) is 10.4. The molecule has 0 aliphatic carbocycles. The average molecular weight is 617 g/mol. The number of hydrogen-bond donors (Lipinski definition) is 2. The molecule has 0 spiro atoms. The summed E-state index contributed by atoms with van der Waals surface area (Å²) in [6.45, 7) is 0. The summed E-state index contributed by atoms with van der Waals surface area (Å²) in [6.07, 6.45) is -1.66. The summed E-state index contributed by atoms with van der Waals surface area (Å²) in [4.78, 5) is 30.6. The average Bonchev–Trinajstić information content (AvgIpc) is 3.47. The number of rotatable bonds is 4. The maximum absolute atomic E-state index is 14.2. The van der Waals surface area contributed by atoms with E-state index in [4.69, 9.17) is 23.2 Å². The lowest BCUT2D eigenvalue weighted by Gasteiger charge is -2.19. The van der Waals surface area contributed by atoms with Crippen LogP contribution >= 0.6 is 23.2 Å². The van der Waals surface area contributed by atoms with E-state index >= 15 is 0 Å². The maximum atomic E-state index is 14.2. The molecule has 0 saturated heterocycles. The standard InChI is InChI=1S/C29H15Cl2F5N4O2/c30-21-3-2-17(32)10-19(21)26-25-20(28(42)39-26)7-14(13-1-4-24-38-23(31)12-40(24)11-13)8-22(25)37-27(41)15-5-16(29(34,35)36)9-18(33)6-15/h1-12,26H,(H,37,41)(H,39,42). The van der Waals surface area contributed by atoms with Crippen LogP contribution in [0.15, 0.2) is 73.1 Å². The van der Waals surface area contributed by atoms with Crippen molar-refractivity contribution >= 4 is 46.4 Å². The minimum Gasteiger partial charge on any atom is -0.341 e. The summed E-state index contributed by atoms with van der Waals surface area (Å²) in [5, 5.41) is 5.62. The molecule has 1 atom stereocenters. The third-order valence-corrected chi connectivity index (χ3v) is 7.27. The van der Waals surface area contributed by atoms with Gasteiger partial charge in [-0.3, -0.25) is 9.59 Å². The Kier molecular flexibility index (Phi) is 6.66. The fourth-order valence-electron chi connectivity index (χ4n) is 4.88. The molecule has 0 saturated carbocycles. The smallest absolute Gasteiger partial charge is 0.341 e. The van der Waals surface area contributed by atoms with Crippen molar-refractivity contribution in [2.75, 3.05) is 5.32 Å². The molecule has 0 radical (unpaired) electrons. The molecule has 13 heteroatoms. The number of hydrogen-bond acceptors (Lipinski definition) is 3. The van der Waals surface area contributed by atoms with Crippen LogP contribution in [-0.2, 0) is 6.18 Å². The molecule has 2 amide bonds. The third kappa shape index (κ3) is 5.05. The van der Waals surface area contributed by atoms with Gasteiger partial charge < -0.3 is 15.0 Å². The van der Waals surface area contributed by atoms with Gasteiger partial charge >= 0.3 is 6.18 Å². The summed E-state index contributed by atoms with van der Waals surface area (Å²) >= 11 is 12.3. The van der Waals surface area contributed by atoms with Gasteiger partial charge in [-0.2, -0.15) is 13.2 Å². The highest BCUT2D eigenvalue weighted by Gasteiger charge is 2.36. The zero-order valence-electron chi connectivity index (χ0n) is 20.9. The zero-order chi connectivity index (χ0) is 29.9. The first kappa shape index (κ1) is 27.7. The number of fused-ring (bicyclic) bond motifs is 2. The molecule has 3 heterocycles. The third-order valence-electron chi connectivity index (χ3n) is 6.75. The van der Waals surface area contributed by atoms with Gasteiger partial charge in [-0.05, 0) is 71.8 Å². The molecule has 212 valence electrons. The van der Waals surface area contributed by atoms with Gasteiger partial charge in [0.1, 0.15) is 22.4 Å². The molecule has 42 heavy (non-hydrogen) atoms. The van der Waals surface area contributed by atoms with E-state index in [-0.39, 0.29) is 38.6 Å². The molecule has 5 aromatic rings. The Balaban J connectivity index is 1.51. The second-order valence-corrected chi connectivity index (χ2v) is 10.3. The van der Waals surface area contributed by atoms with Crippen molar-refractivity contribution in [2.45, 2.75) is 12.2 Å². The first-order valence-electron chi connectivity index (χ1n) is 12.1. The molecular weight excluding hydrogens is 602 g/mol. The number of carbonyl (C=O) groups excluding carboxylic acids is 2. The number of halogens is 7. The Morgan fingerprint density at radius 1 is 0.929 bits per heavy atom. The normalized spacial score (nSPS) is 14.6. The van der Waals surface area contributed by atoms with Crippen LogP contribution in [0.4, 0.5) is 27.6 Å². The van der Waals surface area contributed by atoms with Crippen LogP contribution in [0.25, 0.3) is 16.8 Å². The summed E-state index contributed by atoms with van der Waals surface area (Å²) in [7, 11) is 0. The topological polar surface area (TPSA) is 75.5 Å². The van der Waals surface area contributed by atoms with Gasteiger partial charge in [0, 0.05) is 45.4 Å². The monoisotopic (exact) mass is 616 g/mol. The van der Waals surface area contributed by atoms with E-state index in [1.807, 2.05) is 0 Å². The van der Waals surface area contributed by atoms with E-state index in [9.17, 15) is 31.5 Å². The molecule has 1 unspecified atom stereocenters. The van der Waals surface area contributed by atoms with E-state index in [1.54, 1.807) is 35.0 Å². The number of aromatic nitrogens is 2. The first-order chi connectivity index (χ1) is 19.9. The van der Waals surface area contributed by atoms with Crippen molar-refractivity contribution in [3.8, 4) is 11.1 Å². The molecule has 0 fully saturated rings. The quantitative estimate of drug-likeness (QED) is 0.203. The fourth-order valence-corrected chi connectivity index (χ4v) is 5.30. The van der Waals surface area contributed by atoms with E-state index in [0.717, 1.165) is 12.1 Å². The number of anilines is 1. The van der Waals surface area contributed by atoms with Crippen molar-refractivity contribution < 1.29 is 31.5 Å². The number of amides is 2. The highest BCUT2D eigenvalue weighted by Crippen LogP contribution is 2.42. The van der Waals surface area contributed by atoms with E-state index in [1.165, 1.54) is 12.1 Å². The summed E-state index contributed by atoms with van der Waals surface area (Å²) in [5.41, 5.74) is 0.102. The molecular formula is C29H15Cl2F5N4O2. The van der Waals surface area contributed by atoms with Crippen molar-refractivity contribution in [3.63, 3.8) is 0 Å². The molecule has 2 aromatic heterocycles. The van der Waals surface area contributed by atoms with Crippen LogP contribution in [0.3, 0.4) is 0 Å². The Morgan fingerprint density at radius 3 is 2.48 bits per heavy atom. The van der Waals surface area contributed by atoms with Gasteiger partial charge in [-0.25, -0.2) is 13.8 Å². The van der Waals surface area contributed by atoms with Crippen molar-refractivity contribution in [3.05, 3.63) is 123 Å². The second-order valence-electron chi connectivity index (χ2n) is 9.48. The van der Waals surface area contributed by atoms with E-state index in [2.05, 4.69) is 15.6 Å². The lowest BCUT2D eigenvalue weighted by atomic mass is 9.93. The fraction of sp³-hybridized carbons (Fsp3) is 0.0690. The Hall–Kier alpha value is -4.48. The molecule has 6 rings (SSSR count). The summed E-state index contributed by atoms with van der Waals surface area (Å²) in [5.74, 6) is -3.53. The van der Waals surface area contributed by atoms with Crippen molar-refractivity contribution in [2.24, 2.45) is 0 Å². The van der Waals surface area contributed by atoms with Crippen LogP contribution < -0.4 is 10.6 Å². The van der Waals surface area contributed by atoms with Crippen molar-refractivity contribution in [1.29, 1.82) is 0 Å². The highest BCUT2D eigenvalue weighted by atomic mass is 35.5. The van der Waals surface area contributed by atoms with Gasteiger partial charge in [0.05, 0.1) is 11.6 Å². The van der Waals surface area contributed by atoms with Gasteiger partial charge in [0.25, 0.3) is 11.8 Å². The van der Waals surface area contributed by atoms with Crippen LogP contribution in [0.2, 0.25) is 10.2 Å². The molecule has 1 aliphatic heterocycles. The zero-order valence-corrected chi connectivity index (χ0v) is 22.4. The van der Waals surface area contributed by atoms with E-state index in [0.29, 0.717) is 28.9 Å². The summed E-state index contributed by atoms with van der Waals surface area (Å²) < 4.78 is 69.9. The highest BCUT2D eigenvalue weighted by molar-refractivity contribution is 6.31. The lowest BCUT2D eigenvalue weighted by Crippen LogP contribution is -2.21. The Morgan fingerprint density at radius 2 is 1.71 bits per heavy atom. The van der Waals surface area contributed by atoms with Crippen LogP contribution in [0.1, 0.15) is 43.4 Å². The minimum atomic E-state index is -4.90. The molecule has 0 bridgehead atoms. The molecule has 1 aliphatic rings. The molecule has 3 aromatic carbocycles. The van der Waals surface area contributed by atoms with Gasteiger partial charge in [0.2, 0.25) is 0 Å². The largest absolute Gasteiger partial charge is 0.416 e. The van der Waals surface area contributed by atoms with Crippen LogP contribution in [0.5, 0.6) is 0 Å². The van der Waals surface area contributed by atoms with E-state index < -0.39 is 46.8 Å². The minimum absolute atomic E-state index is 0.0118. The van der Waals surface area contributed by atoms with Gasteiger partial charge in [-0.15, -0.1) is 0 Å². The number of imidazole rings is 1. The van der Waals surface area contributed by atoms with Gasteiger partial charge in [-0.1, -0.05) is 23.2 Å². The predicted molar refractivity (Wildman–Crippen MR) is 146 cm³/mol. The SMILES string of the molecule is O=C(Nc1cc(-c2ccc3nc(Cl)cn3c2)cc2c1C(c1cc(F)ccc1Cl)NC2=O)c1cc(F)cc(C(F)(F)F)c1. The Labute approximate surface area is 243 Å². The lowest BCUT2D eigenvalue weighted by molar-refractivity contribution is -0.137. The van der Waals surface area contributed by atoms with Gasteiger partial charge in [0.15, 0.2) is 0 Å². The van der Waals surface area contributed by atoms with Crippen LogP contribution in [0, 0.1) is 11.6 Å². The van der Waals surface area contributed by atoms with Crippen LogP contribution in [-0.4, -0.2) is 21.2 Å². The second kappa shape index (κ2) is 10.1. The molecule has 6 nitrogen and oxygen atoms in total. The number of carbonyl (C=O) groups is 2. The maximum Gasteiger partial charge on any atom is 0.416 e. The number of benzene rings is 3. The molecule has 2 N–H and O–H groups in total. The Bertz CT molecular complexity index is 1940. The number of nitrogens with zero attached hydrogens (tertiary/aromatic N) is 2. The number of alkyl halides is 3. The number of nitrogens with one attached hydrogen (secondary N) is 2.